The zero-order valence-electron chi connectivity index (χ0n) is 13.9. The highest BCUT2D eigenvalue weighted by atomic mass is 127. The predicted octanol–water partition coefficient (Wildman–Crippen LogP) is 7.45. The monoisotopic (exact) mass is 511 g/mol. The van der Waals surface area contributed by atoms with Crippen LogP contribution in [0.4, 0.5) is 0 Å². The lowest BCUT2D eigenvalue weighted by atomic mass is 10.00. The Kier molecular flexibility index (Phi) is 5.18. The summed E-state index contributed by atoms with van der Waals surface area (Å²) in [5.74, 6) is 0. The molecule has 0 aliphatic carbocycles. The van der Waals surface area contributed by atoms with Crippen LogP contribution in [-0.2, 0) is 0 Å². The second-order valence-corrected chi connectivity index (χ2v) is 8.17. The molecular formula is C23H15BrIN. The third-order valence-corrected chi connectivity index (χ3v) is 5.46. The van der Waals surface area contributed by atoms with E-state index in [-0.39, 0.29) is 0 Å². The number of hydrogen-bond donors (Lipinski definition) is 0. The Labute approximate surface area is 175 Å². The van der Waals surface area contributed by atoms with Crippen molar-refractivity contribution in [3.05, 3.63) is 99.0 Å². The van der Waals surface area contributed by atoms with Crippen LogP contribution in [0.5, 0.6) is 0 Å². The molecule has 1 heterocycles. The second-order valence-electron chi connectivity index (χ2n) is 6.01. The molecule has 0 spiro atoms. The van der Waals surface area contributed by atoms with Gasteiger partial charge in [0.25, 0.3) is 0 Å². The average molecular weight is 512 g/mol. The molecule has 0 aliphatic rings. The van der Waals surface area contributed by atoms with Gasteiger partial charge >= 0.3 is 0 Å². The van der Waals surface area contributed by atoms with E-state index in [0.717, 1.165) is 27.0 Å². The van der Waals surface area contributed by atoms with Gasteiger partial charge in [-0.3, -0.25) is 0 Å². The minimum absolute atomic E-state index is 0.986. The molecule has 0 unspecified atom stereocenters. The van der Waals surface area contributed by atoms with E-state index in [1.807, 2.05) is 18.2 Å². The summed E-state index contributed by atoms with van der Waals surface area (Å²) in [6, 6.07) is 31.6. The molecule has 0 saturated heterocycles. The summed E-state index contributed by atoms with van der Waals surface area (Å²) in [4.78, 5) is 4.93. The van der Waals surface area contributed by atoms with Gasteiger partial charge in [0.2, 0.25) is 0 Å². The van der Waals surface area contributed by atoms with Crippen molar-refractivity contribution in [2.45, 2.75) is 0 Å². The highest BCUT2D eigenvalue weighted by Gasteiger charge is 2.09. The Balaban J connectivity index is 1.89. The van der Waals surface area contributed by atoms with E-state index < -0.39 is 0 Å². The van der Waals surface area contributed by atoms with Gasteiger partial charge in [-0.05, 0) is 70.1 Å². The lowest BCUT2D eigenvalue weighted by molar-refractivity contribution is 1.32. The summed E-state index contributed by atoms with van der Waals surface area (Å²) in [5, 5.41) is 0. The number of pyridine rings is 1. The van der Waals surface area contributed by atoms with Crippen LogP contribution in [0.15, 0.2) is 95.5 Å². The van der Waals surface area contributed by atoms with Gasteiger partial charge in [0.05, 0.1) is 11.4 Å². The van der Waals surface area contributed by atoms with Gasteiger partial charge in [-0.1, -0.05) is 70.5 Å². The smallest absolute Gasteiger partial charge is 0.0715 e. The van der Waals surface area contributed by atoms with E-state index in [1.54, 1.807) is 0 Å². The van der Waals surface area contributed by atoms with Gasteiger partial charge in [-0.2, -0.15) is 0 Å². The fourth-order valence-electron chi connectivity index (χ4n) is 2.86. The Morgan fingerprint density at radius 1 is 0.577 bits per heavy atom. The molecule has 1 aromatic heterocycles. The van der Waals surface area contributed by atoms with Crippen LogP contribution < -0.4 is 0 Å². The van der Waals surface area contributed by atoms with Crippen LogP contribution in [-0.4, -0.2) is 4.98 Å². The van der Waals surface area contributed by atoms with Crippen molar-refractivity contribution in [2.24, 2.45) is 0 Å². The van der Waals surface area contributed by atoms with E-state index in [4.69, 9.17) is 4.98 Å². The molecule has 0 saturated carbocycles. The summed E-state index contributed by atoms with van der Waals surface area (Å²) in [7, 11) is 0. The molecule has 4 aromatic rings. The maximum atomic E-state index is 4.93. The topological polar surface area (TPSA) is 12.9 Å². The molecule has 3 heteroatoms. The van der Waals surface area contributed by atoms with Crippen LogP contribution in [0.1, 0.15) is 0 Å². The minimum atomic E-state index is 0.986. The predicted molar refractivity (Wildman–Crippen MR) is 121 cm³/mol. The highest BCUT2D eigenvalue weighted by molar-refractivity contribution is 14.1. The number of nitrogens with zero attached hydrogens (tertiary/aromatic N) is 1. The molecule has 126 valence electrons. The molecule has 1 nitrogen and oxygen atoms in total. The molecule has 0 aliphatic heterocycles. The van der Waals surface area contributed by atoms with E-state index in [1.165, 1.54) is 14.7 Å². The van der Waals surface area contributed by atoms with Gasteiger partial charge in [0, 0.05) is 19.2 Å². The molecule has 0 amide bonds. The zero-order chi connectivity index (χ0) is 17.9. The molecule has 3 aromatic carbocycles. The third kappa shape index (κ3) is 3.89. The van der Waals surface area contributed by atoms with Gasteiger partial charge in [0.15, 0.2) is 0 Å². The maximum absolute atomic E-state index is 4.93. The molecule has 0 atom stereocenters. The Hall–Kier alpha value is -1.98. The molecular weight excluding hydrogens is 497 g/mol. The number of hydrogen-bond acceptors (Lipinski definition) is 1. The first-order valence-electron chi connectivity index (χ1n) is 8.28. The number of benzene rings is 3. The number of aromatic nitrogens is 1. The van der Waals surface area contributed by atoms with Crippen molar-refractivity contribution in [3.8, 4) is 33.6 Å². The highest BCUT2D eigenvalue weighted by Crippen LogP contribution is 2.31. The van der Waals surface area contributed by atoms with E-state index in [0.29, 0.717) is 0 Å². The Morgan fingerprint density at radius 2 is 1.12 bits per heavy atom. The third-order valence-electron chi connectivity index (χ3n) is 4.21. The minimum Gasteiger partial charge on any atom is -0.248 e. The Bertz CT molecular complexity index is 962. The van der Waals surface area contributed by atoms with E-state index in [2.05, 4.69) is 111 Å². The van der Waals surface area contributed by atoms with Crippen LogP contribution in [0, 0.1) is 3.57 Å². The summed E-state index contributed by atoms with van der Waals surface area (Å²) in [6.45, 7) is 0. The van der Waals surface area contributed by atoms with Gasteiger partial charge in [-0.15, -0.1) is 0 Å². The van der Waals surface area contributed by atoms with Gasteiger partial charge in [0.1, 0.15) is 0 Å². The zero-order valence-corrected chi connectivity index (χ0v) is 17.6. The molecule has 0 radical (unpaired) electrons. The second kappa shape index (κ2) is 7.72. The van der Waals surface area contributed by atoms with Crippen molar-refractivity contribution in [3.63, 3.8) is 0 Å². The van der Waals surface area contributed by atoms with Crippen molar-refractivity contribution >= 4 is 38.5 Å². The Morgan fingerprint density at radius 3 is 1.73 bits per heavy atom. The first kappa shape index (κ1) is 17.4. The maximum Gasteiger partial charge on any atom is 0.0715 e. The molecule has 0 bridgehead atoms. The summed E-state index contributed by atoms with van der Waals surface area (Å²) < 4.78 is 2.30. The quantitative estimate of drug-likeness (QED) is 0.260. The van der Waals surface area contributed by atoms with Crippen molar-refractivity contribution in [1.82, 2.24) is 4.98 Å². The van der Waals surface area contributed by atoms with Crippen molar-refractivity contribution < 1.29 is 0 Å². The summed E-state index contributed by atoms with van der Waals surface area (Å²) in [6.07, 6.45) is 0. The fraction of sp³-hybridized carbons (Fsp3) is 0. The largest absolute Gasteiger partial charge is 0.248 e. The number of rotatable bonds is 3. The normalized spacial score (nSPS) is 10.7. The first-order chi connectivity index (χ1) is 12.7. The molecule has 0 N–H and O–H groups in total. The van der Waals surface area contributed by atoms with E-state index >= 15 is 0 Å². The average Bonchev–Trinajstić information content (AvgIpc) is 2.69. The van der Waals surface area contributed by atoms with Crippen molar-refractivity contribution in [1.29, 1.82) is 0 Å². The van der Waals surface area contributed by atoms with Crippen molar-refractivity contribution in [2.75, 3.05) is 0 Å². The first-order valence-corrected chi connectivity index (χ1v) is 10.2. The van der Waals surface area contributed by atoms with Crippen LogP contribution in [0.2, 0.25) is 0 Å². The van der Waals surface area contributed by atoms with Gasteiger partial charge in [-0.25, -0.2) is 4.98 Å². The van der Waals surface area contributed by atoms with E-state index in [9.17, 15) is 0 Å². The fourth-order valence-corrected chi connectivity index (χ4v) is 3.49. The lowest BCUT2D eigenvalue weighted by Gasteiger charge is -2.10. The standard InChI is InChI=1S/C23H15BrIN/c24-20-10-6-16(7-11-20)19-14-22(17-4-2-1-3-5-17)26-23(15-19)18-8-12-21(25)13-9-18/h1-15H. The number of halogens is 2. The van der Waals surface area contributed by atoms with Gasteiger partial charge < -0.3 is 0 Å². The molecule has 4 rings (SSSR count). The van der Waals surface area contributed by atoms with Crippen LogP contribution in [0.3, 0.4) is 0 Å². The van der Waals surface area contributed by atoms with Crippen LogP contribution >= 0.6 is 38.5 Å². The summed E-state index contributed by atoms with van der Waals surface area (Å²) >= 11 is 5.84. The molecule has 0 fully saturated rings. The lowest BCUT2D eigenvalue weighted by Crippen LogP contribution is -1.91. The molecule has 26 heavy (non-hydrogen) atoms. The SMILES string of the molecule is Brc1ccc(-c2cc(-c3ccccc3)nc(-c3ccc(I)cc3)c2)cc1. The van der Waals surface area contributed by atoms with Crippen LogP contribution in [0.25, 0.3) is 33.6 Å². The summed E-state index contributed by atoms with van der Waals surface area (Å²) in [5.41, 5.74) is 6.57.